The number of aliphatic hydroxyl groups is 1. The van der Waals surface area contributed by atoms with Gasteiger partial charge in [-0.15, -0.1) is 4.80 Å². The van der Waals surface area contributed by atoms with E-state index in [1.807, 2.05) is 37.3 Å². The number of nitrogens with one attached hydrogen (secondary N) is 1. The number of rotatable bonds is 13. The number of thiophene rings is 1. The van der Waals surface area contributed by atoms with Crippen LogP contribution >= 0.6 is 11.3 Å². The van der Waals surface area contributed by atoms with E-state index in [2.05, 4.69) is 15.5 Å². The van der Waals surface area contributed by atoms with Gasteiger partial charge in [0.25, 0.3) is 5.56 Å². The first-order valence-electron chi connectivity index (χ1n) is 16.3. The molecule has 0 saturated heterocycles. The summed E-state index contributed by atoms with van der Waals surface area (Å²) in [4.78, 5) is 42.6. The molecule has 0 bridgehead atoms. The molecule has 0 fully saturated rings. The van der Waals surface area contributed by atoms with Crippen LogP contribution in [0.3, 0.4) is 0 Å². The summed E-state index contributed by atoms with van der Waals surface area (Å²) in [6.07, 6.45) is 3.29. The number of hydrogen-bond donors (Lipinski definition) is 2. The summed E-state index contributed by atoms with van der Waals surface area (Å²) < 4.78 is 27.2. The number of aryl methyl sites for hydroxylation is 3. The van der Waals surface area contributed by atoms with Crippen molar-refractivity contribution in [3.63, 3.8) is 0 Å². The van der Waals surface area contributed by atoms with Gasteiger partial charge in [0, 0.05) is 30.7 Å². The van der Waals surface area contributed by atoms with Crippen LogP contribution in [0.1, 0.15) is 51.3 Å². The molecule has 268 valence electrons. The van der Waals surface area contributed by atoms with E-state index >= 15 is 0 Å². The van der Waals surface area contributed by atoms with Crippen molar-refractivity contribution in [2.24, 2.45) is 5.92 Å². The summed E-state index contributed by atoms with van der Waals surface area (Å²) in [5.74, 6) is -0.173. The Morgan fingerprint density at radius 1 is 1.08 bits per heavy atom. The summed E-state index contributed by atoms with van der Waals surface area (Å²) in [6.45, 7) is 12.0. The van der Waals surface area contributed by atoms with Crippen LogP contribution in [0.4, 0.5) is 4.39 Å². The number of carbonyl (C=O) groups is 1. The number of aliphatic hydroxyl groups excluding tert-OH is 1. The second-order valence-corrected chi connectivity index (χ2v) is 13.8. The molecule has 0 aliphatic rings. The summed E-state index contributed by atoms with van der Waals surface area (Å²) in [6, 6.07) is 14.0. The molecule has 0 aliphatic heterocycles. The first-order chi connectivity index (χ1) is 23.8. The van der Waals surface area contributed by atoms with Gasteiger partial charge in [-0.1, -0.05) is 48.6 Å². The second-order valence-electron chi connectivity index (χ2n) is 12.8. The summed E-state index contributed by atoms with van der Waals surface area (Å²) in [7, 11) is 1.49. The van der Waals surface area contributed by atoms with Crippen LogP contribution in [-0.2, 0) is 34.6 Å². The van der Waals surface area contributed by atoms with Crippen molar-refractivity contribution in [2.75, 3.05) is 20.3 Å². The molecule has 5 rings (SSSR count). The van der Waals surface area contributed by atoms with Crippen molar-refractivity contribution in [3.8, 4) is 10.8 Å². The molecular formula is C36H45FN6O6S. The highest BCUT2D eigenvalue weighted by Crippen LogP contribution is 2.31. The Labute approximate surface area is 294 Å². The SMILES string of the molecule is CC(CO)COCc1ccccc1.COc1ccc(F)cc1CCn1c(=O)n(C(C)(C)C(=O)NC(C)C)c(=O)c2c(C)c(-n3nccn3)sc21. The van der Waals surface area contributed by atoms with E-state index in [1.54, 1.807) is 20.8 Å². The van der Waals surface area contributed by atoms with Crippen LogP contribution in [-0.4, -0.2) is 61.5 Å². The number of amides is 1. The maximum Gasteiger partial charge on any atom is 0.333 e. The van der Waals surface area contributed by atoms with Gasteiger partial charge in [0.1, 0.15) is 26.9 Å². The highest BCUT2D eigenvalue weighted by atomic mass is 32.1. The van der Waals surface area contributed by atoms with E-state index in [-0.39, 0.29) is 31.5 Å². The Bertz CT molecular complexity index is 2000. The fourth-order valence-electron chi connectivity index (χ4n) is 5.26. The molecule has 1 unspecified atom stereocenters. The number of methoxy groups -OCH3 is 1. The quantitative estimate of drug-likeness (QED) is 0.181. The zero-order valence-electron chi connectivity index (χ0n) is 29.5. The third kappa shape index (κ3) is 8.73. The van der Waals surface area contributed by atoms with Gasteiger partial charge in [-0.2, -0.15) is 10.2 Å². The Balaban J connectivity index is 0.000000363. The molecule has 1 amide bonds. The minimum absolute atomic E-state index is 0.114. The second kappa shape index (κ2) is 16.8. The molecule has 5 aromatic rings. The van der Waals surface area contributed by atoms with Crippen LogP contribution in [0.25, 0.3) is 15.2 Å². The first kappa shape index (κ1) is 38.1. The van der Waals surface area contributed by atoms with Crippen LogP contribution in [0.2, 0.25) is 0 Å². The number of carbonyl (C=O) groups excluding carboxylic acids is 1. The molecule has 0 radical (unpaired) electrons. The summed E-state index contributed by atoms with van der Waals surface area (Å²) in [5.41, 5.74) is -0.364. The lowest BCUT2D eigenvalue weighted by atomic mass is 10.0. The maximum absolute atomic E-state index is 14.0. The third-order valence-corrected chi connectivity index (χ3v) is 9.28. The molecule has 0 saturated carbocycles. The summed E-state index contributed by atoms with van der Waals surface area (Å²) in [5, 5.41) is 20.8. The average Bonchev–Trinajstić information content (AvgIpc) is 3.73. The number of fused-ring (bicyclic) bond motifs is 1. The molecule has 1 atom stereocenters. The molecule has 0 aliphatic carbocycles. The zero-order chi connectivity index (χ0) is 36.6. The molecule has 14 heteroatoms. The molecule has 3 heterocycles. The molecular weight excluding hydrogens is 663 g/mol. The predicted molar refractivity (Wildman–Crippen MR) is 192 cm³/mol. The molecule has 2 N–H and O–H groups in total. The highest BCUT2D eigenvalue weighted by Gasteiger charge is 2.35. The van der Waals surface area contributed by atoms with Gasteiger partial charge in [-0.05, 0) is 70.4 Å². The largest absolute Gasteiger partial charge is 0.496 e. The van der Waals surface area contributed by atoms with Crippen LogP contribution in [0, 0.1) is 18.7 Å². The lowest BCUT2D eigenvalue weighted by molar-refractivity contribution is -0.129. The van der Waals surface area contributed by atoms with Crippen molar-refractivity contribution in [1.82, 2.24) is 29.4 Å². The molecule has 50 heavy (non-hydrogen) atoms. The predicted octanol–water partition coefficient (Wildman–Crippen LogP) is 4.60. The molecule has 3 aromatic heterocycles. The number of halogens is 1. The van der Waals surface area contributed by atoms with Gasteiger partial charge in [-0.25, -0.2) is 13.8 Å². The van der Waals surface area contributed by atoms with Gasteiger partial charge in [0.05, 0.1) is 38.1 Å². The van der Waals surface area contributed by atoms with Gasteiger partial charge < -0.3 is 19.9 Å². The van der Waals surface area contributed by atoms with Gasteiger partial charge in [0.15, 0.2) is 0 Å². The molecule has 0 spiro atoms. The van der Waals surface area contributed by atoms with Gasteiger partial charge >= 0.3 is 5.69 Å². The van der Waals surface area contributed by atoms with E-state index in [0.717, 1.165) is 4.57 Å². The van der Waals surface area contributed by atoms with Crippen molar-refractivity contribution in [3.05, 3.63) is 104 Å². The number of nitrogens with zero attached hydrogens (tertiary/aromatic N) is 5. The van der Waals surface area contributed by atoms with E-state index in [4.69, 9.17) is 14.6 Å². The highest BCUT2D eigenvalue weighted by molar-refractivity contribution is 7.21. The Hall–Kier alpha value is -4.66. The fourth-order valence-corrected chi connectivity index (χ4v) is 6.49. The fraction of sp³-hybridized carbons (Fsp3) is 0.417. The van der Waals surface area contributed by atoms with Crippen molar-refractivity contribution < 1.29 is 23.8 Å². The Morgan fingerprint density at radius 2 is 1.76 bits per heavy atom. The minimum Gasteiger partial charge on any atom is -0.496 e. The maximum atomic E-state index is 14.0. The molecule has 2 aromatic carbocycles. The number of aromatic nitrogens is 5. The van der Waals surface area contributed by atoms with Crippen molar-refractivity contribution in [1.29, 1.82) is 0 Å². The lowest BCUT2D eigenvalue weighted by Gasteiger charge is -2.27. The number of hydrogen-bond acceptors (Lipinski definition) is 9. The number of ether oxygens (including phenoxy) is 2. The van der Waals surface area contributed by atoms with Crippen LogP contribution < -0.4 is 21.3 Å². The lowest BCUT2D eigenvalue weighted by Crippen LogP contribution is -2.56. The topological polar surface area (TPSA) is 142 Å². The van der Waals surface area contributed by atoms with E-state index in [9.17, 15) is 18.8 Å². The van der Waals surface area contributed by atoms with Gasteiger partial charge in [0.2, 0.25) is 5.91 Å². The van der Waals surface area contributed by atoms with E-state index in [1.165, 1.54) is 77.8 Å². The third-order valence-electron chi connectivity index (χ3n) is 7.99. The standard InChI is InChI=1S/C25H29FN6O4S.C11H16O2/c1-14(2)29-23(34)25(4,5)31-20(33)19-15(3)21(32-27-10-11-28-32)37-22(19)30(24(31)35)12-9-16-13-17(26)7-8-18(16)36-6;1-10(7-12)8-13-9-11-5-3-2-4-6-11/h7-8,10-11,13-14H,9,12H2,1-6H3,(H,29,34);2-6,10,12H,7-9H2,1H3. The summed E-state index contributed by atoms with van der Waals surface area (Å²) >= 11 is 1.20. The van der Waals surface area contributed by atoms with Crippen LogP contribution in [0.15, 0.2) is 70.5 Å². The molecule has 12 nitrogen and oxygen atoms in total. The first-order valence-corrected chi connectivity index (χ1v) is 17.1. The normalized spacial score (nSPS) is 12.1. The van der Waals surface area contributed by atoms with Crippen LogP contribution in [0.5, 0.6) is 5.75 Å². The number of benzene rings is 2. The van der Waals surface area contributed by atoms with E-state index in [0.29, 0.717) is 45.3 Å². The smallest absolute Gasteiger partial charge is 0.333 e. The van der Waals surface area contributed by atoms with E-state index < -0.39 is 28.5 Å². The monoisotopic (exact) mass is 708 g/mol. The Morgan fingerprint density at radius 3 is 2.38 bits per heavy atom. The van der Waals surface area contributed by atoms with Crippen molar-refractivity contribution in [2.45, 2.75) is 72.7 Å². The van der Waals surface area contributed by atoms with Gasteiger partial charge in [-0.3, -0.25) is 14.2 Å². The zero-order valence-corrected chi connectivity index (χ0v) is 30.3. The van der Waals surface area contributed by atoms with Crippen molar-refractivity contribution >= 4 is 27.5 Å². The minimum atomic E-state index is -1.48. The average molecular weight is 709 g/mol. The Kier molecular flexibility index (Phi) is 12.8.